The van der Waals surface area contributed by atoms with Crippen molar-refractivity contribution in [3.05, 3.63) is 0 Å². The van der Waals surface area contributed by atoms with Crippen LogP contribution in [0.1, 0.15) is 65.2 Å². The molecule has 0 N–H and O–H groups in total. The van der Waals surface area contributed by atoms with E-state index < -0.39 is 13.5 Å². The zero-order valence-electron chi connectivity index (χ0n) is 11.7. The molecule has 0 aliphatic rings. The minimum atomic E-state index is -3.71. The van der Waals surface area contributed by atoms with Gasteiger partial charge in [-0.25, -0.2) is 0 Å². The van der Waals surface area contributed by atoms with Gasteiger partial charge in [-0.3, -0.25) is 4.57 Å². The Bertz CT molecular complexity index is 235. The van der Waals surface area contributed by atoms with Gasteiger partial charge in [0.1, 0.15) is 0 Å². The smallest absolute Gasteiger partial charge is 0.312 e. The van der Waals surface area contributed by atoms with E-state index in [1.807, 2.05) is 6.92 Å². The van der Waals surface area contributed by atoms with Gasteiger partial charge >= 0.3 is 6.17 Å². The first-order valence-electron chi connectivity index (χ1n) is 7.08. The standard InChI is InChI=1S/C13H27F2O2P/c1-3-5-7-8-9-10-12-18(16,13(14)15)17-11-6-4-2/h13H,3-12H2,1-2H3. The van der Waals surface area contributed by atoms with Crippen LogP contribution < -0.4 is 0 Å². The third kappa shape index (κ3) is 8.20. The highest BCUT2D eigenvalue weighted by Gasteiger charge is 2.33. The van der Waals surface area contributed by atoms with Crippen molar-refractivity contribution < 1.29 is 17.9 Å². The molecule has 0 aromatic heterocycles. The van der Waals surface area contributed by atoms with Gasteiger partial charge in [0, 0.05) is 6.16 Å². The summed E-state index contributed by atoms with van der Waals surface area (Å²) in [5.74, 6) is 0. The van der Waals surface area contributed by atoms with Gasteiger partial charge in [0.15, 0.2) is 0 Å². The second kappa shape index (κ2) is 10.9. The summed E-state index contributed by atoms with van der Waals surface area (Å²) in [6.07, 6.45) is 4.71. The molecular formula is C13H27F2O2P. The zero-order chi connectivity index (χ0) is 13.9. The Balaban J connectivity index is 3.85. The van der Waals surface area contributed by atoms with E-state index in [1.54, 1.807) is 0 Å². The predicted octanol–water partition coefficient (Wildman–Crippen LogP) is 5.66. The predicted molar refractivity (Wildman–Crippen MR) is 72.7 cm³/mol. The van der Waals surface area contributed by atoms with E-state index in [9.17, 15) is 13.3 Å². The monoisotopic (exact) mass is 284 g/mol. The van der Waals surface area contributed by atoms with Crippen molar-refractivity contribution in [3.63, 3.8) is 0 Å². The minimum absolute atomic E-state index is 0.0283. The summed E-state index contributed by atoms with van der Waals surface area (Å²) in [7, 11) is -3.71. The van der Waals surface area contributed by atoms with E-state index in [-0.39, 0.29) is 12.8 Å². The van der Waals surface area contributed by atoms with Crippen LogP contribution >= 0.6 is 7.37 Å². The minimum Gasteiger partial charge on any atom is -0.325 e. The lowest BCUT2D eigenvalue weighted by molar-refractivity contribution is 0.189. The van der Waals surface area contributed by atoms with Crippen molar-refractivity contribution in [1.29, 1.82) is 0 Å². The number of halogens is 2. The first kappa shape index (κ1) is 18.0. The number of alkyl halides is 2. The molecule has 0 aromatic rings. The van der Waals surface area contributed by atoms with Crippen molar-refractivity contribution >= 4 is 7.37 Å². The fourth-order valence-corrected chi connectivity index (χ4v) is 3.23. The summed E-state index contributed by atoms with van der Waals surface area (Å²) in [4.78, 5) is 0. The summed E-state index contributed by atoms with van der Waals surface area (Å²) in [5, 5.41) is 0. The summed E-state index contributed by atoms with van der Waals surface area (Å²) < 4.78 is 42.4. The van der Waals surface area contributed by atoms with Gasteiger partial charge in [-0.2, -0.15) is 8.78 Å². The Kier molecular flexibility index (Phi) is 11.0. The number of hydrogen-bond acceptors (Lipinski definition) is 2. The highest BCUT2D eigenvalue weighted by atomic mass is 31.2. The first-order valence-corrected chi connectivity index (χ1v) is 8.96. The van der Waals surface area contributed by atoms with Crippen molar-refractivity contribution in [2.45, 2.75) is 71.4 Å². The van der Waals surface area contributed by atoms with E-state index in [4.69, 9.17) is 4.52 Å². The lowest BCUT2D eigenvalue weighted by atomic mass is 10.1. The first-order chi connectivity index (χ1) is 8.56. The molecule has 0 aliphatic heterocycles. The van der Waals surface area contributed by atoms with Gasteiger partial charge in [-0.1, -0.05) is 52.4 Å². The maximum atomic E-state index is 12.8. The van der Waals surface area contributed by atoms with Crippen LogP contribution in [0.3, 0.4) is 0 Å². The van der Waals surface area contributed by atoms with Crippen LogP contribution in [0.15, 0.2) is 0 Å². The molecule has 0 heterocycles. The molecule has 110 valence electrons. The highest BCUT2D eigenvalue weighted by molar-refractivity contribution is 7.59. The Hall–Kier alpha value is 0.0500. The van der Waals surface area contributed by atoms with Crippen LogP contribution in [-0.2, 0) is 9.09 Å². The summed E-state index contributed by atoms with van der Waals surface area (Å²) in [5.41, 5.74) is 0. The fourth-order valence-electron chi connectivity index (χ4n) is 1.69. The largest absolute Gasteiger partial charge is 0.325 e. The average Bonchev–Trinajstić information content (AvgIpc) is 2.34. The maximum Gasteiger partial charge on any atom is 0.312 e. The summed E-state index contributed by atoms with van der Waals surface area (Å²) >= 11 is 0. The van der Waals surface area contributed by atoms with Crippen molar-refractivity contribution in [2.75, 3.05) is 12.8 Å². The van der Waals surface area contributed by atoms with Gasteiger partial charge in [-0.15, -0.1) is 0 Å². The molecule has 0 fully saturated rings. The molecular weight excluding hydrogens is 257 g/mol. The van der Waals surface area contributed by atoms with Crippen molar-refractivity contribution in [2.24, 2.45) is 0 Å². The van der Waals surface area contributed by atoms with Crippen LogP contribution in [0.25, 0.3) is 0 Å². The van der Waals surface area contributed by atoms with Crippen molar-refractivity contribution in [1.82, 2.24) is 0 Å². The van der Waals surface area contributed by atoms with Gasteiger partial charge in [0.25, 0.3) is 7.37 Å². The van der Waals surface area contributed by atoms with Crippen molar-refractivity contribution in [3.8, 4) is 0 Å². The molecule has 5 heteroatoms. The second-order valence-corrected chi connectivity index (χ2v) is 7.23. The van der Waals surface area contributed by atoms with Gasteiger partial charge in [0.05, 0.1) is 6.61 Å². The molecule has 0 saturated carbocycles. The third-order valence-corrected chi connectivity index (χ3v) is 5.08. The van der Waals surface area contributed by atoms with Gasteiger partial charge < -0.3 is 4.52 Å². The number of unbranched alkanes of at least 4 members (excludes halogenated alkanes) is 6. The lowest BCUT2D eigenvalue weighted by Gasteiger charge is -2.17. The Labute approximate surface area is 110 Å². The summed E-state index contributed by atoms with van der Waals surface area (Å²) in [6, 6.07) is 0. The normalized spacial score (nSPS) is 14.9. The van der Waals surface area contributed by atoms with E-state index in [0.29, 0.717) is 12.8 Å². The maximum absolute atomic E-state index is 12.8. The van der Waals surface area contributed by atoms with E-state index in [1.165, 1.54) is 6.42 Å². The van der Waals surface area contributed by atoms with Crippen LogP contribution in [0.5, 0.6) is 0 Å². The number of hydrogen-bond donors (Lipinski definition) is 0. The molecule has 0 bridgehead atoms. The molecule has 0 aromatic carbocycles. The fraction of sp³-hybridized carbons (Fsp3) is 1.00. The van der Waals surface area contributed by atoms with E-state index in [2.05, 4.69) is 6.92 Å². The Morgan fingerprint density at radius 1 is 0.944 bits per heavy atom. The molecule has 0 rings (SSSR count). The molecule has 1 atom stereocenters. The zero-order valence-corrected chi connectivity index (χ0v) is 12.6. The SMILES string of the molecule is CCCCCCCCP(=O)(OCCCC)C(F)F. The van der Waals surface area contributed by atoms with E-state index >= 15 is 0 Å². The van der Waals surface area contributed by atoms with Crippen LogP contribution in [0.4, 0.5) is 8.78 Å². The molecule has 1 unspecified atom stereocenters. The summed E-state index contributed by atoms with van der Waals surface area (Å²) in [6.45, 7) is 4.27. The number of rotatable bonds is 12. The van der Waals surface area contributed by atoms with Gasteiger partial charge in [0.2, 0.25) is 0 Å². The Morgan fingerprint density at radius 3 is 2.06 bits per heavy atom. The highest BCUT2D eigenvalue weighted by Crippen LogP contribution is 2.54. The van der Waals surface area contributed by atoms with Crippen LogP contribution in [-0.4, -0.2) is 18.9 Å². The molecule has 0 saturated heterocycles. The lowest BCUT2D eigenvalue weighted by Crippen LogP contribution is -2.05. The quantitative estimate of drug-likeness (QED) is 0.341. The molecule has 0 radical (unpaired) electrons. The van der Waals surface area contributed by atoms with Crippen LogP contribution in [0, 0.1) is 0 Å². The topological polar surface area (TPSA) is 26.3 Å². The second-order valence-electron chi connectivity index (χ2n) is 4.68. The van der Waals surface area contributed by atoms with Crippen LogP contribution in [0.2, 0.25) is 0 Å². The average molecular weight is 284 g/mol. The molecule has 18 heavy (non-hydrogen) atoms. The van der Waals surface area contributed by atoms with Gasteiger partial charge in [-0.05, 0) is 12.8 Å². The third-order valence-electron chi connectivity index (χ3n) is 2.93. The molecule has 0 aliphatic carbocycles. The molecule has 0 amide bonds. The molecule has 2 nitrogen and oxygen atoms in total. The Morgan fingerprint density at radius 2 is 1.50 bits per heavy atom. The molecule has 0 spiro atoms. The van der Waals surface area contributed by atoms with E-state index in [0.717, 1.165) is 32.1 Å².